The molecule has 0 radical (unpaired) electrons. The van der Waals surface area contributed by atoms with Gasteiger partial charge in [-0.1, -0.05) is 0 Å². The van der Waals surface area contributed by atoms with Crippen molar-refractivity contribution in [1.82, 2.24) is 19.7 Å². The zero-order chi connectivity index (χ0) is 17.2. The number of thiophene rings is 1. The van der Waals surface area contributed by atoms with Gasteiger partial charge in [0.1, 0.15) is 0 Å². The van der Waals surface area contributed by atoms with E-state index in [-0.39, 0.29) is 6.04 Å². The van der Waals surface area contributed by atoms with E-state index in [1.807, 2.05) is 24.5 Å². The van der Waals surface area contributed by atoms with Crippen LogP contribution in [0.25, 0.3) is 0 Å². The van der Waals surface area contributed by atoms with E-state index in [0.29, 0.717) is 13.2 Å². The first kappa shape index (κ1) is 16.9. The lowest BCUT2D eigenvalue weighted by Crippen LogP contribution is -2.39. The van der Waals surface area contributed by atoms with Gasteiger partial charge in [0.2, 0.25) is 0 Å². The minimum absolute atomic E-state index is 0.250. The fraction of sp³-hybridized carbons (Fsp3) is 0.444. The molecule has 4 heterocycles. The standard InChI is InChI=1S/C18H22N4OS2/c1-13-3-4-18(25-13)9-21-7-16-5-6-19-22(16)17(8-21)11-23-10-15-12-24-14(2)20-15/h3-6,12,17H,7-11H2,1-2H3. The van der Waals surface area contributed by atoms with Crippen LogP contribution >= 0.6 is 22.7 Å². The normalized spacial score (nSPS) is 17.8. The Hall–Kier alpha value is -1.54. The van der Waals surface area contributed by atoms with Crippen LogP contribution in [0.4, 0.5) is 0 Å². The number of rotatable bonds is 6. The summed E-state index contributed by atoms with van der Waals surface area (Å²) in [6, 6.07) is 6.80. The fourth-order valence-electron chi connectivity index (χ4n) is 3.27. The first-order chi connectivity index (χ1) is 12.2. The third-order valence-electron chi connectivity index (χ3n) is 4.35. The second-order valence-corrected chi connectivity index (χ2v) is 8.91. The van der Waals surface area contributed by atoms with Crippen molar-refractivity contribution in [2.75, 3.05) is 13.2 Å². The maximum absolute atomic E-state index is 5.96. The van der Waals surface area contributed by atoms with Crippen molar-refractivity contribution in [3.63, 3.8) is 0 Å². The largest absolute Gasteiger partial charge is 0.373 e. The van der Waals surface area contributed by atoms with Crippen LogP contribution in [-0.4, -0.2) is 32.8 Å². The average molecular weight is 375 g/mol. The first-order valence-electron chi connectivity index (χ1n) is 8.46. The third kappa shape index (κ3) is 4.00. The van der Waals surface area contributed by atoms with Gasteiger partial charge in [0.25, 0.3) is 0 Å². The number of aromatic nitrogens is 3. The van der Waals surface area contributed by atoms with Crippen molar-refractivity contribution >= 4 is 22.7 Å². The molecule has 1 unspecified atom stereocenters. The van der Waals surface area contributed by atoms with Gasteiger partial charge in [0.05, 0.1) is 35.7 Å². The van der Waals surface area contributed by atoms with E-state index >= 15 is 0 Å². The summed E-state index contributed by atoms with van der Waals surface area (Å²) in [5, 5.41) is 7.67. The van der Waals surface area contributed by atoms with Gasteiger partial charge in [-0.05, 0) is 32.0 Å². The third-order valence-corrected chi connectivity index (χ3v) is 6.16. The van der Waals surface area contributed by atoms with Gasteiger partial charge in [-0.3, -0.25) is 9.58 Å². The highest BCUT2D eigenvalue weighted by Crippen LogP contribution is 2.25. The summed E-state index contributed by atoms with van der Waals surface area (Å²) in [6.07, 6.45) is 1.89. The number of nitrogens with zero attached hydrogens (tertiary/aromatic N) is 4. The average Bonchev–Trinajstić information content (AvgIpc) is 3.29. The van der Waals surface area contributed by atoms with Crippen LogP contribution in [0.3, 0.4) is 0 Å². The van der Waals surface area contributed by atoms with Gasteiger partial charge in [0.15, 0.2) is 0 Å². The number of thiazole rings is 1. The van der Waals surface area contributed by atoms with E-state index in [1.54, 1.807) is 11.3 Å². The summed E-state index contributed by atoms with van der Waals surface area (Å²) in [5.41, 5.74) is 2.28. The van der Waals surface area contributed by atoms with Gasteiger partial charge in [-0.15, -0.1) is 22.7 Å². The molecule has 0 N–H and O–H groups in total. The Morgan fingerprint density at radius 2 is 2.20 bits per heavy atom. The molecule has 7 heteroatoms. The minimum atomic E-state index is 0.250. The van der Waals surface area contributed by atoms with Crippen LogP contribution < -0.4 is 0 Å². The maximum Gasteiger partial charge on any atom is 0.0898 e. The van der Waals surface area contributed by atoms with Crippen LogP contribution in [-0.2, 0) is 24.4 Å². The number of aryl methyl sites for hydroxylation is 2. The van der Waals surface area contributed by atoms with E-state index < -0.39 is 0 Å². The number of hydrogen-bond donors (Lipinski definition) is 0. The number of ether oxygens (including phenoxy) is 1. The molecule has 0 aliphatic carbocycles. The molecule has 0 saturated carbocycles. The monoisotopic (exact) mass is 374 g/mol. The summed E-state index contributed by atoms with van der Waals surface area (Å²) in [6.45, 7) is 8.31. The van der Waals surface area contributed by atoms with Gasteiger partial charge in [-0.25, -0.2) is 4.98 Å². The van der Waals surface area contributed by atoms with E-state index in [9.17, 15) is 0 Å². The molecule has 0 saturated heterocycles. The molecule has 1 aliphatic heterocycles. The van der Waals surface area contributed by atoms with Crippen LogP contribution in [0, 0.1) is 13.8 Å². The molecular weight excluding hydrogens is 352 g/mol. The molecule has 0 amide bonds. The lowest BCUT2D eigenvalue weighted by molar-refractivity contribution is 0.0524. The molecule has 0 bridgehead atoms. The summed E-state index contributed by atoms with van der Waals surface area (Å²) in [4.78, 5) is 9.74. The molecule has 3 aromatic heterocycles. The van der Waals surface area contributed by atoms with E-state index in [1.165, 1.54) is 15.4 Å². The summed E-state index contributed by atoms with van der Waals surface area (Å²) in [7, 11) is 0. The second kappa shape index (κ2) is 7.37. The minimum Gasteiger partial charge on any atom is -0.373 e. The first-order valence-corrected chi connectivity index (χ1v) is 10.2. The molecule has 1 atom stereocenters. The van der Waals surface area contributed by atoms with Crippen LogP contribution in [0.5, 0.6) is 0 Å². The molecule has 3 aromatic rings. The number of hydrogen-bond acceptors (Lipinski definition) is 6. The smallest absolute Gasteiger partial charge is 0.0898 e. The zero-order valence-electron chi connectivity index (χ0n) is 14.5. The van der Waals surface area contributed by atoms with Crippen molar-refractivity contribution in [3.8, 4) is 0 Å². The molecule has 25 heavy (non-hydrogen) atoms. The number of fused-ring (bicyclic) bond motifs is 1. The molecule has 4 rings (SSSR count). The lowest BCUT2D eigenvalue weighted by atomic mass is 10.2. The van der Waals surface area contributed by atoms with E-state index in [4.69, 9.17) is 4.74 Å². The topological polar surface area (TPSA) is 43.2 Å². The van der Waals surface area contributed by atoms with Gasteiger partial charge in [0, 0.05) is 41.0 Å². The molecule has 0 spiro atoms. The zero-order valence-corrected chi connectivity index (χ0v) is 16.1. The Labute approximate surface area is 155 Å². The Kier molecular flexibility index (Phi) is 4.98. The molecule has 5 nitrogen and oxygen atoms in total. The molecule has 132 valence electrons. The maximum atomic E-state index is 5.96. The quantitative estimate of drug-likeness (QED) is 0.658. The fourth-order valence-corrected chi connectivity index (χ4v) is 4.80. The highest BCUT2D eigenvalue weighted by Gasteiger charge is 2.26. The van der Waals surface area contributed by atoms with Crippen molar-refractivity contribution in [3.05, 3.63) is 55.9 Å². The Balaban J connectivity index is 1.39. The van der Waals surface area contributed by atoms with Crippen molar-refractivity contribution in [1.29, 1.82) is 0 Å². The predicted molar refractivity (Wildman–Crippen MR) is 101 cm³/mol. The predicted octanol–water partition coefficient (Wildman–Crippen LogP) is 3.79. The molecular formula is C18H22N4OS2. The highest BCUT2D eigenvalue weighted by atomic mass is 32.1. The summed E-state index contributed by atoms with van der Waals surface area (Å²) < 4.78 is 8.09. The van der Waals surface area contributed by atoms with Crippen molar-refractivity contribution in [2.45, 2.75) is 39.6 Å². The van der Waals surface area contributed by atoms with Crippen molar-refractivity contribution in [2.24, 2.45) is 0 Å². The molecule has 0 fully saturated rings. The van der Waals surface area contributed by atoms with Crippen LogP contribution in [0.2, 0.25) is 0 Å². The highest BCUT2D eigenvalue weighted by molar-refractivity contribution is 7.11. The van der Waals surface area contributed by atoms with Crippen LogP contribution in [0.1, 0.15) is 32.2 Å². The van der Waals surface area contributed by atoms with E-state index in [0.717, 1.165) is 30.3 Å². The van der Waals surface area contributed by atoms with E-state index in [2.05, 4.69) is 50.2 Å². The van der Waals surface area contributed by atoms with Crippen LogP contribution in [0.15, 0.2) is 29.8 Å². The van der Waals surface area contributed by atoms with Gasteiger partial charge >= 0.3 is 0 Å². The Bertz CT molecular complexity index is 838. The van der Waals surface area contributed by atoms with Crippen molar-refractivity contribution < 1.29 is 4.74 Å². The second-order valence-electron chi connectivity index (χ2n) is 6.48. The SMILES string of the molecule is Cc1ccc(CN2Cc3ccnn3C(COCc3csc(C)n3)C2)s1. The lowest BCUT2D eigenvalue weighted by Gasteiger charge is -2.33. The Morgan fingerprint density at radius 1 is 1.28 bits per heavy atom. The van der Waals surface area contributed by atoms with Gasteiger partial charge < -0.3 is 4.74 Å². The summed E-state index contributed by atoms with van der Waals surface area (Å²) in [5.74, 6) is 0. The van der Waals surface area contributed by atoms with Gasteiger partial charge in [-0.2, -0.15) is 5.10 Å². The summed E-state index contributed by atoms with van der Waals surface area (Å²) >= 11 is 3.55. The molecule has 0 aromatic carbocycles. The molecule has 1 aliphatic rings. The Morgan fingerprint density at radius 3 is 2.96 bits per heavy atom.